The minimum Gasteiger partial charge on any atom is -0.311 e. The van der Waals surface area contributed by atoms with Crippen molar-refractivity contribution in [2.45, 2.75) is 77.8 Å². The van der Waals surface area contributed by atoms with Crippen LogP contribution in [0.1, 0.15) is 65.7 Å². The Balaban J connectivity index is 2.35. The fourth-order valence-corrected chi connectivity index (χ4v) is 2.61. The summed E-state index contributed by atoms with van der Waals surface area (Å²) in [6.45, 7) is 6.91. The van der Waals surface area contributed by atoms with Gasteiger partial charge in [-0.3, -0.25) is 0 Å². The molecule has 2 atom stereocenters. The smallest absolute Gasteiger partial charge is 0.00951 e. The molecule has 1 aliphatic rings. The molecule has 0 aromatic carbocycles. The molecule has 0 aromatic rings. The van der Waals surface area contributed by atoms with Crippen molar-refractivity contribution < 1.29 is 0 Å². The van der Waals surface area contributed by atoms with Crippen LogP contribution in [-0.4, -0.2) is 12.1 Å². The molecule has 1 saturated carbocycles. The molecule has 1 N–H and O–H groups in total. The molecule has 84 valence electrons. The van der Waals surface area contributed by atoms with E-state index in [-0.39, 0.29) is 0 Å². The first-order chi connectivity index (χ1) is 6.77. The zero-order valence-electron chi connectivity index (χ0n) is 10.2. The van der Waals surface area contributed by atoms with Crippen molar-refractivity contribution in [3.05, 3.63) is 0 Å². The van der Waals surface area contributed by atoms with E-state index in [0.717, 1.165) is 12.0 Å². The minimum absolute atomic E-state index is 0.696. The van der Waals surface area contributed by atoms with Gasteiger partial charge in [0.15, 0.2) is 0 Å². The van der Waals surface area contributed by atoms with Crippen molar-refractivity contribution in [1.29, 1.82) is 0 Å². The monoisotopic (exact) mass is 197 g/mol. The van der Waals surface area contributed by atoms with Crippen LogP contribution in [0.3, 0.4) is 0 Å². The predicted octanol–water partition coefficient (Wildman–Crippen LogP) is 3.73. The Morgan fingerprint density at radius 2 is 1.71 bits per heavy atom. The third kappa shape index (κ3) is 3.61. The molecule has 1 fully saturated rings. The van der Waals surface area contributed by atoms with E-state index < -0.39 is 0 Å². The SMILES string of the molecule is CCC(C)NC(CC)C1CCCCC1. The summed E-state index contributed by atoms with van der Waals surface area (Å²) in [5.74, 6) is 0.961. The van der Waals surface area contributed by atoms with Gasteiger partial charge >= 0.3 is 0 Å². The van der Waals surface area contributed by atoms with Crippen molar-refractivity contribution in [2.75, 3.05) is 0 Å². The fraction of sp³-hybridized carbons (Fsp3) is 1.00. The second kappa shape index (κ2) is 6.44. The van der Waals surface area contributed by atoms with Crippen LogP contribution in [0.5, 0.6) is 0 Å². The highest BCUT2D eigenvalue weighted by molar-refractivity contribution is 4.80. The van der Waals surface area contributed by atoms with Crippen LogP contribution < -0.4 is 5.32 Å². The van der Waals surface area contributed by atoms with Crippen LogP contribution in [0.4, 0.5) is 0 Å². The van der Waals surface area contributed by atoms with Gasteiger partial charge in [0, 0.05) is 12.1 Å². The first kappa shape index (κ1) is 12.0. The molecule has 1 heteroatoms. The van der Waals surface area contributed by atoms with Crippen LogP contribution in [0, 0.1) is 5.92 Å². The van der Waals surface area contributed by atoms with E-state index in [1.54, 1.807) is 0 Å². The maximum absolute atomic E-state index is 3.79. The lowest BCUT2D eigenvalue weighted by Crippen LogP contribution is -2.41. The van der Waals surface area contributed by atoms with Crippen molar-refractivity contribution in [3.8, 4) is 0 Å². The van der Waals surface area contributed by atoms with Gasteiger partial charge in [0.25, 0.3) is 0 Å². The number of hydrogen-bond donors (Lipinski definition) is 1. The van der Waals surface area contributed by atoms with E-state index in [1.165, 1.54) is 44.9 Å². The first-order valence-electron chi connectivity index (χ1n) is 6.54. The molecule has 0 aliphatic heterocycles. The van der Waals surface area contributed by atoms with Crippen LogP contribution >= 0.6 is 0 Å². The molecule has 0 radical (unpaired) electrons. The van der Waals surface area contributed by atoms with Gasteiger partial charge in [-0.05, 0) is 38.5 Å². The Morgan fingerprint density at radius 3 is 2.21 bits per heavy atom. The predicted molar refractivity (Wildman–Crippen MR) is 63.5 cm³/mol. The molecular weight excluding hydrogens is 170 g/mol. The van der Waals surface area contributed by atoms with E-state index in [0.29, 0.717) is 6.04 Å². The largest absolute Gasteiger partial charge is 0.311 e. The van der Waals surface area contributed by atoms with Gasteiger partial charge in [-0.2, -0.15) is 0 Å². The quantitative estimate of drug-likeness (QED) is 0.708. The van der Waals surface area contributed by atoms with E-state index in [9.17, 15) is 0 Å². The van der Waals surface area contributed by atoms with Gasteiger partial charge < -0.3 is 5.32 Å². The topological polar surface area (TPSA) is 12.0 Å². The van der Waals surface area contributed by atoms with Crippen molar-refractivity contribution in [2.24, 2.45) is 5.92 Å². The van der Waals surface area contributed by atoms with Gasteiger partial charge in [-0.25, -0.2) is 0 Å². The summed E-state index contributed by atoms with van der Waals surface area (Å²) in [7, 11) is 0. The van der Waals surface area contributed by atoms with Gasteiger partial charge in [0.05, 0.1) is 0 Å². The fourth-order valence-electron chi connectivity index (χ4n) is 2.61. The molecule has 1 rings (SSSR count). The Labute approximate surface area is 89.7 Å². The minimum atomic E-state index is 0.696. The third-order valence-corrected chi connectivity index (χ3v) is 3.77. The maximum Gasteiger partial charge on any atom is 0.00951 e. The van der Waals surface area contributed by atoms with Gasteiger partial charge in [-0.1, -0.05) is 33.1 Å². The molecule has 14 heavy (non-hydrogen) atoms. The van der Waals surface area contributed by atoms with E-state index in [2.05, 4.69) is 26.1 Å². The average Bonchev–Trinajstić information content (AvgIpc) is 2.26. The Kier molecular flexibility index (Phi) is 5.54. The standard InChI is InChI=1S/C13H27N/c1-4-11(3)14-13(5-2)12-9-7-6-8-10-12/h11-14H,4-10H2,1-3H3. The lowest BCUT2D eigenvalue weighted by Gasteiger charge is -2.32. The van der Waals surface area contributed by atoms with Crippen LogP contribution in [0.15, 0.2) is 0 Å². The normalized spacial score (nSPS) is 23.4. The highest BCUT2D eigenvalue weighted by Gasteiger charge is 2.22. The molecule has 2 unspecified atom stereocenters. The Hall–Kier alpha value is -0.0400. The molecule has 0 aromatic heterocycles. The molecule has 0 bridgehead atoms. The lowest BCUT2D eigenvalue weighted by atomic mass is 9.82. The first-order valence-corrected chi connectivity index (χ1v) is 6.54. The maximum atomic E-state index is 3.79. The van der Waals surface area contributed by atoms with E-state index in [1.807, 2.05) is 0 Å². The third-order valence-electron chi connectivity index (χ3n) is 3.77. The summed E-state index contributed by atoms with van der Waals surface area (Å²) in [6.07, 6.45) is 9.87. The lowest BCUT2D eigenvalue weighted by molar-refractivity contribution is 0.247. The zero-order chi connectivity index (χ0) is 10.4. The van der Waals surface area contributed by atoms with Crippen LogP contribution in [0.25, 0.3) is 0 Å². The second-order valence-corrected chi connectivity index (χ2v) is 4.89. The Bertz CT molecular complexity index is 138. The van der Waals surface area contributed by atoms with Gasteiger partial charge in [0.2, 0.25) is 0 Å². The molecule has 0 spiro atoms. The van der Waals surface area contributed by atoms with Crippen molar-refractivity contribution in [1.82, 2.24) is 5.32 Å². The molecule has 0 heterocycles. The molecule has 0 saturated heterocycles. The van der Waals surface area contributed by atoms with E-state index >= 15 is 0 Å². The highest BCUT2D eigenvalue weighted by Crippen LogP contribution is 2.27. The van der Waals surface area contributed by atoms with Crippen molar-refractivity contribution >= 4 is 0 Å². The average molecular weight is 197 g/mol. The summed E-state index contributed by atoms with van der Waals surface area (Å²) in [5, 5.41) is 3.79. The van der Waals surface area contributed by atoms with Gasteiger partial charge in [0.1, 0.15) is 0 Å². The number of nitrogens with one attached hydrogen (secondary N) is 1. The molecule has 1 nitrogen and oxygen atoms in total. The molecular formula is C13H27N. The highest BCUT2D eigenvalue weighted by atomic mass is 14.9. The zero-order valence-corrected chi connectivity index (χ0v) is 10.2. The van der Waals surface area contributed by atoms with Crippen molar-refractivity contribution in [3.63, 3.8) is 0 Å². The van der Waals surface area contributed by atoms with Gasteiger partial charge in [-0.15, -0.1) is 0 Å². The summed E-state index contributed by atoms with van der Waals surface area (Å²) < 4.78 is 0. The van der Waals surface area contributed by atoms with E-state index in [4.69, 9.17) is 0 Å². The molecule has 0 amide bonds. The summed E-state index contributed by atoms with van der Waals surface area (Å²) in [6, 6.07) is 1.48. The van der Waals surface area contributed by atoms with Crippen LogP contribution in [0.2, 0.25) is 0 Å². The summed E-state index contributed by atoms with van der Waals surface area (Å²) in [4.78, 5) is 0. The number of rotatable bonds is 5. The molecule has 1 aliphatic carbocycles. The Morgan fingerprint density at radius 1 is 1.07 bits per heavy atom. The van der Waals surface area contributed by atoms with Crippen LogP contribution in [-0.2, 0) is 0 Å². The second-order valence-electron chi connectivity index (χ2n) is 4.89. The summed E-state index contributed by atoms with van der Waals surface area (Å²) >= 11 is 0. The summed E-state index contributed by atoms with van der Waals surface area (Å²) in [5.41, 5.74) is 0. The number of hydrogen-bond acceptors (Lipinski definition) is 1.